The minimum atomic E-state index is -0.501. The van der Waals surface area contributed by atoms with Crippen molar-refractivity contribution in [2.24, 2.45) is 5.73 Å². The Morgan fingerprint density at radius 1 is 1.35 bits per heavy atom. The van der Waals surface area contributed by atoms with E-state index in [1.807, 2.05) is 6.07 Å². The highest BCUT2D eigenvalue weighted by molar-refractivity contribution is 5.90. The molecule has 1 aliphatic heterocycles. The summed E-state index contributed by atoms with van der Waals surface area (Å²) in [6.07, 6.45) is 5.24. The van der Waals surface area contributed by atoms with Crippen LogP contribution >= 0.6 is 0 Å². The summed E-state index contributed by atoms with van der Waals surface area (Å²) in [5.74, 6) is 0.628. The lowest BCUT2D eigenvalue weighted by Gasteiger charge is -2.44. The van der Waals surface area contributed by atoms with E-state index in [9.17, 15) is 4.79 Å². The molecule has 5 nitrogen and oxygen atoms in total. The van der Waals surface area contributed by atoms with Crippen LogP contribution in [0.2, 0.25) is 0 Å². The van der Waals surface area contributed by atoms with E-state index in [0.29, 0.717) is 12.1 Å². The fourth-order valence-electron chi connectivity index (χ4n) is 3.89. The van der Waals surface area contributed by atoms with Crippen LogP contribution in [-0.4, -0.2) is 36.1 Å². The van der Waals surface area contributed by atoms with Crippen LogP contribution in [0.1, 0.15) is 68.3 Å². The maximum absolute atomic E-state index is 11.5. The van der Waals surface area contributed by atoms with E-state index in [1.165, 1.54) is 19.3 Å². The lowest BCUT2D eigenvalue weighted by Crippen LogP contribution is -2.52. The minimum Gasteiger partial charge on any atom is -0.455 e. The lowest BCUT2D eigenvalue weighted by molar-refractivity contribution is -0.0912. The Balaban J connectivity index is 1.85. The number of hydrogen-bond donors (Lipinski definition) is 1. The third-order valence-corrected chi connectivity index (χ3v) is 4.95. The van der Waals surface area contributed by atoms with Crippen LogP contribution in [-0.2, 0) is 16.7 Å². The van der Waals surface area contributed by atoms with E-state index in [-0.39, 0.29) is 11.2 Å². The molecule has 2 aliphatic rings. The van der Waals surface area contributed by atoms with Crippen molar-refractivity contribution in [3.05, 3.63) is 23.2 Å². The Morgan fingerprint density at radius 3 is 2.78 bits per heavy atom. The number of amides is 1. The van der Waals surface area contributed by atoms with E-state index in [2.05, 4.69) is 25.7 Å². The number of primary amides is 1. The molecular formula is C18H28N2O3. The van der Waals surface area contributed by atoms with Crippen molar-refractivity contribution in [3.63, 3.8) is 0 Å². The van der Waals surface area contributed by atoms with Crippen LogP contribution in [0, 0.1) is 0 Å². The van der Waals surface area contributed by atoms with Crippen LogP contribution in [0.25, 0.3) is 0 Å². The molecule has 0 unspecified atom stereocenters. The van der Waals surface area contributed by atoms with Gasteiger partial charge in [-0.3, -0.25) is 9.69 Å². The van der Waals surface area contributed by atoms with Crippen LogP contribution in [0.5, 0.6) is 0 Å². The summed E-state index contributed by atoms with van der Waals surface area (Å²) in [6, 6.07) is 2.31. The molecule has 1 saturated carbocycles. The molecule has 5 heteroatoms. The van der Waals surface area contributed by atoms with Gasteiger partial charge in [0.15, 0.2) is 5.76 Å². The molecule has 23 heavy (non-hydrogen) atoms. The smallest absolute Gasteiger partial charge is 0.284 e. The summed E-state index contributed by atoms with van der Waals surface area (Å²) < 4.78 is 11.7. The summed E-state index contributed by atoms with van der Waals surface area (Å²) in [5, 5.41) is 0. The predicted molar refractivity (Wildman–Crippen MR) is 88.3 cm³/mol. The first-order valence-corrected chi connectivity index (χ1v) is 8.65. The molecule has 1 saturated heterocycles. The maximum atomic E-state index is 11.5. The van der Waals surface area contributed by atoms with E-state index in [0.717, 1.165) is 37.4 Å². The van der Waals surface area contributed by atoms with Gasteiger partial charge in [-0.15, -0.1) is 0 Å². The summed E-state index contributed by atoms with van der Waals surface area (Å²) in [6.45, 7) is 8.82. The van der Waals surface area contributed by atoms with Crippen molar-refractivity contribution in [3.8, 4) is 0 Å². The summed E-state index contributed by atoms with van der Waals surface area (Å²) >= 11 is 0. The molecule has 0 radical (unpaired) electrons. The molecule has 128 valence electrons. The van der Waals surface area contributed by atoms with Gasteiger partial charge < -0.3 is 14.9 Å². The first kappa shape index (κ1) is 16.5. The second-order valence-corrected chi connectivity index (χ2v) is 7.81. The average molecular weight is 320 g/mol. The van der Waals surface area contributed by atoms with Gasteiger partial charge in [0.2, 0.25) is 0 Å². The van der Waals surface area contributed by atoms with Gasteiger partial charge in [0.25, 0.3) is 5.91 Å². The largest absolute Gasteiger partial charge is 0.455 e. The zero-order valence-electron chi connectivity index (χ0n) is 14.4. The molecule has 1 aromatic heterocycles. The Hall–Kier alpha value is -1.33. The van der Waals surface area contributed by atoms with Crippen molar-refractivity contribution >= 4 is 5.91 Å². The second-order valence-electron chi connectivity index (χ2n) is 7.81. The van der Waals surface area contributed by atoms with Gasteiger partial charge in [0, 0.05) is 30.1 Å². The van der Waals surface area contributed by atoms with Crippen molar-refractivity contribution in [1.82, 2.24) is 4.90 Å². The van der Waals surface area contributed by atoms with Gasteiger partial charge in [-0.05, 0) is 18.9 Å². The monoisotopic (exact) mass is 320 g/mol. The standard InChI is InChI=1S/C18H28N2O3/c1-18(2,3)16-12(10-15(23-16)17(19)21)11-20-8-9-22-14-7-5-4-6-13(14)20/h10,13-14H,4-9,11H2,1-3H3,(H2,19,21)/t13-,14-/m1/s1. The first-order chi connectivity index (χ1) is 10.9. The number of carbonyl (C=O) groups is 1. The number of fused-ring (bicyclic) bond motifs is 1. The lowest BCUT2D eigenvalue weighted by atomic mass is 9.88. The third kappa shape index (κ3) is 3.45. The van der Waals surface area contributed by atoms with Gasteiger partial charge in [0.1, 0.15) is 5.76 Å². The Morgan fingerprint density at radius 2 is 2.09 bits per heavy atom. The number of hydrogen-bond acceptors (Lipinski definition) is 4. The molecular weight excluding hydrogens is 292 g/mol. The molecule has 1 aliphatic carbocycles. The van der Waals surface area contributed by atoms with Gasteiger partial charge >= 0.3 is 0 Å². The highest BCUT2D eigenvalue weighted by atomic mass is 16.5. The number of nitrogens with two attached hydrogens (primary N) is 1. The molecule has 0 aromatic carbocycles. The zero-order chi connectivity index (χ0) is 16.6. The number of ether oxygens (including phenoxy) is 1. The van der Waals surface area contributed by atoms with E-state index in [4.69, 9.17) is 14.9 Å². The second kappa shape index (κ2) is 6.29. The topological polar surface area (TPSA) is 68.7 Å². The number of carbonyl (C=O) groups excluding carboxylic acids is 1. The SMILES string of the molecule is CC(C)(C)c1oc(C(N)=O)cc1CN1CCO[C@@H]2CCCC[C@H]21. The highest BCUT2D eigenvalue weighted by Crippen LogP contribution is 2.33. The van der Waals surface area contributed by atoms with Crippen molar-refractivity contribution < 1.29 is 13.9 Å². The van der Waals surface area contributed by atoms with Crippen LogP contribution in [0.3, 0.4) is 0 Å². The molecule has 3 rings (SSSR count). The Kier molecular flexibility index (Phi) is 4.52. The van der Waals surface area contributed by atoms with Crippen LogP contribution in [0.15, 0.2) is 10.5 Å². The van der Waals surface area contributed by atoms with Crippen LogP contribution < -0.4 is 5.73 Å². The Labute approximate surface area is 138 Å². The van der Waals surface area contributed by atoms with Crippen molar-refractivity contribution in [2.75, 3.05) is 13.2 Å². The molecule has 2 heterocycles. The summed E-state index contributed by atoms with van der Waals surface area (Å²) in [7, 11) is 0. The van der Waals surface area contributed by atoms with E-state index < -0.39 is 5.91 Å². The molecule has 2 N–H and O–H groups in total. The molecule has 1 aromatic rings. The molecule has 2 fully saturated rings. The maximum Gasteiger partial charge on any atom is 0.284 e. The highest BCUT2D eigenvalue weighted by Gasteiger charge is 2.35. The van der Waals surface area contributed by atoms with Crippen LogP contribution in [0.4, 0.5) is 0 Å². The number of rotatable bonds is 3. The van der Waals surface area contributed by atoms with Gasteiger partial charge in [-0.25, -0.2) is 0 Å². The molecule has 0 spiro atoms. The van der Waals surface area contributed by atoms with Gasteiger partial charge in [-0.1, -0.05) is 33.6 Å². The average Bonchev–Trinajstić information content (AvgIpc) is 2.92. The van der Waals surface area contributed by atoms with Gasteiger partial charge in [0.05, 0.1) is 12.7 Å². The van der Waals surface area contributed by atoms with Crippen molar-refractivity contribution in [2.45, 2.75) is 70.6 Å². The first-order valence-electron chi connectivity index (χ1n) is 8.65. The quantitative estimate of drug-likeness (QED) is 0.930. The number of nitrogens with zero attached hydrogens (tertiary/aromatic N) is 1. The summed E-state index contributed by atoms with van der Waals surface area (Å²) in [4.78, 5) is 14.0. The third-order valence-electron chi connectivity index (χ3n) is 4.95. The zero-order valence-corrected chi connectivity index (χ0v) is 14.4. The van der Waals surface area contributed by atoms with Gasteiger partial charge in [-0.2, -0.15) is 0 Å². The number of morpholine rings is 1. The molecule has 2 atom stereocenters. The fraction of sp³-hybridized carbons (Fsp3) is 0.722. The fourth-order valence-corrected chi connectivity index (χ4v) is 3.89. The van der Waals surface area contributed by atoms with Crippen molar-refractivity contribution in [1.29, 1.82) is 0 Å². The predicted octanol–water partition coefficient (Wildman–Crippen LogP) is 2.82. The Bertz CT molecular complexity index is 571. The molecule has 1 amide bonds. The normalized spacial score (nSPS) is 26.0. The minimum absolute atomic E-state index is 0.152. The van der Waals surface area contributed by atoms with E-state index >= 15 is 0 Å². The van der Waals surface area contributed by atoms with E-state index in [1.54, 1.807) is 0 Å². The number of furan rings is 1. The summed E-state index contributed by atoms with van der Waals surface area (Å²) in [5.41, 5.74) is 6.34. The molecule has 0 bridgehead atoms.